The molecule has 1 aromatic heterocycles. The molecule has 15 heavy (non-hydrogen) atoms. The molecule has 3 heteroatoms. The lowest BCUT2D eigenvalue weighted by Crippen LogP contribution is -2.22. The zero-order chi connectivity index (χ0) is 10.7. The topological polar surface area (TPSA) is 40.1 Å². The van der Waals surface area contributed by atoms with E-state index in [1.165, 1.54) is 11.3 Å². The number of hydrogen-bond donors (Lipinski definition) is 0. The third-order valence-corrected chi connectivity index (χ3v) is 3.09. The molecule has 0 fully saturated rings. The van der Waals surface area contributed by atoms with Crippen molar-refractivity contribution >= 4 is 17.3 Å². The molecule has 0 aliphatic carbocycles. The zero-order valence-electron chi connectivity index (χ0n) is 7.97. The summed E-state index contributed by atoms with van der Waals surface area (Å²) in [6.07, 6.45) is 0.655. The smallest absolute Gasteiger partial charge is 0.0726 e. The van der Waals surface area contributed by atoms with Crippen molar-refractivity contribution in [2.75, 3.05) is 0 Å². The van der Waals surface area contributed by atoms with Gasteiger partial charge in [-0.25, -0.2) is 0 Å². The Morgan fingerprint density at radius 3 is 2.60 bits per heavy atom. The summed E-state index contributed by atoms with van der Waals surface area (Å²) >= 11 is 1.45. The Bertz CT molecular complexity index is 459. The quantitative estimate of drug-likeness (QED) is 0.785. The molecule has 0 spiro atoms. The van der Waals surface area contributed by atoms with E-state index in [1.807, 2.05) is 30.3 Å². The highest BCUT2D eigenvalue weighted by Crippen LogP contribution is 2.19. The van der Waals surface area contributed by atoms with Crippen molar-refractivity contribution in [1.29, 1.82) is 0 Å². The van der Waals surface area contributed by atoms with E-state index in [0.29, 0.717) is 12.0 Å². The van der Waals surface area contributed by atoms with Gasteiger partial charge in [0.05, 0.1) is 5.97 Å². The molecule has 2 aromatic rings. The third-order valence-electron chi connectivity index (χ3n) is 2.17. The molecule has 0 aliphatic heterocycles. The molecule has 1 heterocycles. The van der Waals surface area contributed by atoms with Crippen molar-refractivity contribution in [3.63, 3.8) is 0 Å². The van der Waals surface area contributed by atoms with Crippen molar-refractivity contribution in [3.8, 4) is 0 Å². The Kier molecular flexibility index (Phi) is 2.83. The summed E-state index contributed by atoms with van der Waals surface area (Å²) in [6, 6.07) is 11.4. The third kappa shape index (κ3) is 2.25. The van der Waals surface area contributed by atoms with Crippen molar-refractivity contribution in [3.05, 3.63) is 57.8 Å². The first-order valence-corrected chi connectivity index (χ1v) is 5.47. The van der Waals surface area contributed by atoms with Crippen LogP contribution in [0.1, 0.15) is 20.8 Å². The van der Waals surface area contributed by atoms with Crippen LogP contribution in [0.25, 0.3) is 0 Å². The molecule has 2 nitrogen and oxygen atoms in total. The van der Waals surface area contributed by atoms with Gasteiger partial charge in [-0.1, -0.05) is 30.3 Å². The average Bonchev–Trinajstić information content (AvgIpc) is 2.67. The van der Waals surface area contributed by atoms with Crippen LogP contribution in [0, 0.1) is 0 Å². The molecule has 0 bridgehead atoms. The number of thiophene rings is 1. The summed E-state index contributed by atoms with van der Waals surface area (Å²) < 4.78 is 0. The largest absolute Gasteiger partial charge is 0.545 e. The van der Waals surface area contributed by atoms with E-state index in [9.17, 15) is 9.90 Å². The molecule has 0 N–H and O–H groups in total. The molecule has 2 rings (SSSR count). The van der Waals surface area contributed by atoms with Crippen LogP contribution in [0.5, 0.6) is 0 Å². The number of aromatic carboxylic acids is 1. The number of carboxylic acids is 1. The molecular formula is C12H9O2S-. The lowest BCUT2D eigenvalue weighted by molar-refractivity contribution is -0.255. The lowest BCUT2D eigenvalue weighted by Gasteiger charge is -2.04. The number of benzene rings is 1. The fraction of sp³-hybridized carbons (Fsp3) is 0.0833. The highest BCUT2D eigenvalue weighted by atomic mass is 32.1. The van der Waals surface area contributed by atoms with Crippen molar-refractivity contribution < 1.29 is 9.90 Å². The maximum absolute atomic E-state index is 10.8. The minimum atomic E-state index is -1.10. The van der Waals surface area contributed by atoms with Crippen LogP contribution in [-0.4, -0.2) is 5.97 Å². The molecule has 0 amide bonds. The molecule has 76 valence electrons. The van der Waals surface area contributed by atoms with Gasteiger partial charge in [0.1, 0.15) is 0 Å². The molecule has 0 atom stereocenters. The van der Waals surface area contributed by atoms with E-state index in [2.05, 4.69) is 0 Å². The molecule has 1 aromatic carbocycles. The maximum atomic E-state index is 10.8. The van der Waals surface area contributed by atoms with Crippen LogP contribution >= 0.6 is 11.3 Å². The molecule has 0 unspecified atom stereocenters. The number of hydrogen-bond acceptors (Lipinski definition) is 3. The second-order valence-electron chi connectivity index (χ2n) is 3.21. The number of carbonyl (C=O) groups is 1. The summed E-state index contributed by atoms with van der Waals surface area (Å²) in [6.45, 7) is 0. The van der Waals surface area contributed by atoms with E-state index in [1.54, 1.807) is 11.4 Å². The van der Waals surface area contributed by atoms with Gasteiger partial charge in [-0.15, -0.1) is 11.3 Å². The molecule has 0 saturated carbocycles. The second-order valence-corrected chi connectivity index (χ2v) is 4.21. The van der Waals surface area contributed by atoms with Crippen molar-refractivity contribution in [2.45, 2.75) is 6.42 Å². The Morgan fingerprint density at radius 1 is 1.20 bits per heavy atom. The summed E-state index contributed by atoms with van der Waals surface area (Å²) in [5.41, 5.74) is 1.42. The van der Waals surface area contributed by atoms with Gasteiger partial charge in [0.25, 0.3) is 0 Å². The Labute approximate surface area is 91.8 Å². The SMILES string of the molecule is O=C([O-])c1ccsc1Cc1ccccc1. The van der Waals surface area contributed by atoms with E-state index < -0.39 is 5.97 Å². The normalized spacial score (nSPS) is 10.1. The summed E-state index contributed by atoms with van der Waals surface area (Å²) in [4.78, 5) is 11.6. The van der Waals surface area contributed by atoms with E-state index in [-0.39, 0.29) is 0 Å². The minimum Gasteiger partial charge on any atom is -0.545 e. The molecular weight excluding hydrogens is 208 g/mol. The highest BCUT2D eigenvalue weighted by molar-refractivity contribution is 7.10. The van der Waals surface area contributed by atoms with Gasteiger partial charge < -0.3 is 9.90 Å². The van der Waals surface area contributed by atoms with E-state index >= 15 is 0 Å². The second kappa shape index (κ2) is 4.28. The first kappa shape index (κ1) is 9.93. The summed E-state index contributed by atoms with van der Waals surface area (Å²) in [5.74, 6) is -1.10. The number of carbonyl (C=O) groups excluding carboxylic acids is 1. The first-order chi connectivity index (χ1) is 7.27. The zero-order valence-corrected chi connectivity index (χ0v) is 8.79. The fourth-order valence-corrected chi connectivity index (χ4v) is 2.34. The van der Waals surface area contributed by atoms with E-state index in [0.717, 1.165) is 10.4 Å². The van der Waals surface area contributed by atoms with Gasteiger partial charge in [0.2, 0.25) is 0 Å². The highest BCUT2D eigenvalue weighted by Gasteiger charge is 2.05. The Balaban J connectivity index is 2.25. The van der Waals surface area contributed by atoms with Crippen molar-refractivity contribution in [2.24, 2.45) is 0 Å². The maximum Gasteiger partial charge on any atom is 0.0726 e. The average molecular weight is 217 g/mol. The van der Waals surface area contributed by atoms with Crippen LogP contribution < -0.4 is 5.11 Å². The summed E-state index contributed by atoms with van der Waals surface area (Å²) in [5, 5.41) is 12.5. The first-order valence-electron chi connectivity index (χ1n) is 4.59. The van der Waals surface area contributed by atoms with Gasteiger partial charge in [-0.2, -0.15) is 0 Å². The van der Waals surface area contributed by atoms with Gasteiger partial charge in [0, 0.05) is 16.9 Å². The van der Waals surface area contributed by atoms with E-state index in [4.69, 9.17) is 0 Å². The predicted octanol–water partition coefficient (Wildman–Crippen LogP) is 1.70. The minimum absolute atomic E-state index is 0.309. The monoisotopic (exact) mass is 217 g/mol. The lowest BCUT2D eigenvalue weighted by atomic mass is 10.1. The number of rotatable bonds is 3. The van der Waals surface area contributed by atoms with Crippen LogP contribution in [0.15, 0.2) is 41.8 Å². The van der Waals surface area contributed by atoms with Crippen LogP contribution in [-0.2, 0) is 6.42 Å². The molecule has 0 saturated heterocycles. The van der Waals surface area contributed by atoms with Crippen LogP contribution in [0.3, 0.4) is 0 Å². The van der Waals surface area contributed by atoms with Gasteiger partial charge in [0.15, 0.2) is 0 Å². The van der Waals surface area contributed by atoms with Gasteiger partial charge >= 0.3 is 0 Å². The standard InChI is InChI=1S/C12H10O2S/c13-12(14)10-6-7-15-11(10)8-9-4-2-1-3-5-9/h1-7H,8H2,(H,13,14)/p-1. The fourth-order valence-electron chi connectivity index (χ4n) is 1.44. The van der Waals surface area contributed by atoms with Gasteiger partial charge in [-0.3, -0.25) is 0 Å². The number of carboxylic acid groups (broad SMARTS) is 1. The molecule has 0 aliphatic rings. The van der Waals surface area contributed by atoms with Crippen LogP contribution in [0.4, 0.5) is 0 Å². The Morgan fingerprint density at radius 2 is 1.93 bits per heavy atom. The van der Waals surface area contributed by atoms with Gasteiger partial charge in [-0.05, 0) is 17.0 Å². The molecule has 0 radical (unpaired) electrons. The van der Waals surface area contributed by atoms with Crippen molar-refractivity contribution in [1.82, 2.24) is 0 Å². The summed E-state index contributed by atoms with van der Waals surface area (Å²) in [7, 11) is 0. The predicted molar refractivity (Wildman–Crippen MR) is 57.9 cm³/mol. The van der Waals surface area contributed by atoms with Crippen LogP contribution in [0.2, 0.25) is 0 Å². The Hall–Kier alpha value is -1.61.